The molecule has 0 fully saturated rings. The van der Waals surface area contributed by atoms with Crippen LogP contribution in [0.15, 0.2) is 36.5 Å². The van der Waals surface area contributed by atoms with Gasteiger partial charge < -0.3 is 14.8 Å². The number of carbonyl (C=O) groups is 3. The summed E-state index contributed by atoms with van der Waals surface area (Å²) in [7, 11) is 0. The topological polar surface area (TPSA) is 81.7 Å². The van der Waals surface area contributed by atoms with Crippen LogP contribution in [-0.4, -0.2) is 37.6 Å². The van der Waals surface area contributed by atoms with E-state index in [9.17, 15) is 14.4 Å². The van der Waals surface area contributed by atoms with Gasteiger partial charge in [-0.2, -0.15) is 0 Å². The van der Waals surface area contributed by atoms with E-state index in [1.165, 1.54) is 13.8 Å². The van der Waals surface area contributed by atoms with Crippen molar-refractivity contribution in [1.82, 2.24) is 5.32 Å². The number of esters is 2. The Kier molecular flexibility index (Phi) is 8.52. The predicted octanol–water partition coefficient (Wildman–Crippen LogP) is 1.53. The summed E-state index contributed by atoms with van der Waals surface area (Å²) >= 11 is 0. The molecule has 0 aromatic carbocycles. The molecule has 0 radical (unpaired) electrons. The first-order valence-corrected chi connectivity index (χ1v) is 6.74. The van der Waals surface area contributed by atoms with Crippen molar-refractivity contribution in [2.75, 3.05) is 19.8 Å². The van der Waals surface area contributed by atoms with E-state index in [2.05, 4.69) is 25.1 Å². The molecule has 6 heteroatoms. The number of hydrogen-bond donors (Lipinski definition) is 1. The van der Waals surface area contributed by atoms with Gasteiger partial charge in [0.1, 0.15) is 0 Å². The molecule has 0 aliphatic carbocycles. The standard InChI is InChI=1S/C16H23NO5/c1-10(2)14(18)17-7-13(8-21-15(19)11(3)4)9-22-16(20)12(5)6/h13H,1,3,5,7-9H2,2,4,6H3,(H,17,18). The monoisotopic (exact) mass is 309 g/mol. The van der Waals surface area contributed by atoms with Crippen LogP contribution in [-0.2, 0) is 23.9 Å². The number of rotatable bonds is 9. The Labute approximate surface area is 130 Å². The number of hydrogen-bond acceptors (Lipinski definition) is 5. The second kappa shape index (κ2) is 9.55. The lowest BCUT2D eigenvalue weighted by Crippen LogP contribution is -2.35. The Morgan fingerprint density at radius 2 is 1.27 bits per heavy atom. The molecule has 0 heterocycles. The average molecular weight is 309 g/mol. The van der Waals surface area contributed by atoms with Gasteiger partial charge in [0, 0.05) is 29.2 Å². The van der Waals surface area contributed by atoms with E-state index in [-0.39, 0.29) is 42.7 Å². The molecule has 0 aliphatic rings. The van der Waals surface area contributed by atoms with E-state index < -0.39 is 11.9 Å². The highest BCUT2D eigenvalue weighted by atomic mass is 16.5. The Morgan fingerprint density at radius 3 is 1.59 bits per heavy atom. The fourth-order valence-corrected chi connectivity index (χ4v) is 1.19. The molecule has 0 aromatic rings. The van der Waals surface area contributed by atoms with Crippen LogP contribution in [0.25, 0.3) is 0 Å². The zero-order chi connectivity index (χ0) is 17.3. The zero-order valence-electron chi connectivity index (χ0n) is 13.4. The minimum atomic E-state index is -0.539. The maximum absolute atomic E-state index is 11.5. The predicted molar refractivity (Wildman–Crippen MR) is 82.9 cm³/mol. The number of carbonyl (C=O) groups excluding carboxylic acids is 3. The van der Waals surface area contributed by atoms with Crippen LogP contribution in [0.1, 0.15) is 20.8 Å². The lowest BCUT2D eigenvalue weighted by Gasteiger charge is -2.18. The Balaban J connectivity index is 4.54. The molecule has 122 valence electrons. The Bertz CT molecular complexity index is 421. The first-order chi connectivity index (χ1) is 10.1. The molecule has 0 unspecified atom stereocenters. The van der Waals surface area contributed by atoms with Crippen molar-refractivity contribution >= 4 is 17.8 Å². The fraction of sp³-hybridized carbons (Fsp3) is 0.438. The summed E-state index contributed by atoms with van der Waals surface area (Å²) in [6.45, 7) is 15.3. The molecule has 6 nitrogen and oxygen atoms in total. The Hall–Kier alpha value is -2.37. The van der Waals surface area contributed by atoms with Gasteiger partial charge in [-0.05, 0) is 20.8 Å². The van der Waals surface area contributed by atoms with Crippen molar-refractivity contribution in [2.24, 2.45) is 5.92 Å². The van der Waals surface area contributed by atoms with Crippen LogP contribution in [0.3, 0.4) is 0 Å². The second-order valence-corrected chi connectivity index (χ2v) is 5.11. The van der Waals surface area contributed by atoms with Gasteiger partial charge in [-0.15, -0.1) is 0 Å². The summed E-state index contributed by atoms with van der Waals surface area (Å²) in [5.41, 5.74) is 0.893. The molecule has 1 N–H and O–H groups in total. The lowest BCUT2D eigenvalue weighted by atomic mass is 10.1. The molecular weight excluding hydrogens is 286 g/mol. The van der Waals surface area contributed by atoms with Crippen LogP contribution in [0.2, 0.25) is 0 Å². The van der Waals surface area contributed by atoms with Gasteiger partial charge in [-0.25, -0.2) is 9.59 Å². The Morgan fingerprint density at radius 1 is 0.864 bits per heavy atom. The third-order valence-corrected chi connectivity index (χ3v) is 2.54. The summed E-state index contributed by atoms with van der Waals surface area (Å²) in [6, 6.07) is 0. The van der Waals surface area contributed by atoms with Gasteiger partial charge in [0.15, 0.2) is 0 Å². The van der Waals surface area contributed by atoms with Crippen molar-refractivity contribution in [3.05, 3.63) is 36.5 Å². The summed E-state index contributed by atoms with van der Waals surface area (Å²) in [5, 5.41) is 2.62. The largest absolute Gasteiger partial charge is 0.462 e. The normalized spacial score (nSPS) is 9.82. The molecule has 0 saturated heterocycles. The molecule has 1 amide bonds. The summed E-state index contributed by atoms with van der Waals surface area (Å²) in [4.78, 5) is 34.3. The average Bonchev–Trinajstić information content (AvgIpc) is 2.44. The quantitative estimate of drug-likeness (QED) is 0.516. The van der Waals surface area contributed by atoms with Gasteiger partial charge in [-0.3, -0.25) is 4.79 Å². The minimum Gasteiger partial charge on any atom is -0.462 e. The molecule has 0 spiro atoms. The first-order valence-electron chi connectivity index (χ1n) is 6.74. The molecular formula is C16H23NO5. The van der Waals surface area contributed by atoms with Crippen LogP contribution in [0, 0.1) is 5.92 Å². The summed E-state index contributed by atoms with van der Waals surface area (Å²) < 4.78 is 10.1. The maximum atomic E-state index is 11.5. The number of nitrogens with one attached hydrogen (secondary N) is 1. The van der Waals surface area contributed by atoms with Crippen molar-refractivity contribution in [3.8, 4) is 0 Å². The highest BCUT2D eigenvalue weighted by Gasteiger charge is 2.17. The van der Waals surface area contributed by atoms with Gasteiger partial charge >= 0.3 is 11.9 Å². The van der Waals surface area contributed by atoms with Gasteiger partial charge in [0.05, 0.1) is 13.2 Å². The highest BCUT2D eigenvalue weighted by molar-refractivity contribution is 5.92. The van der Waals surface area contributed by atoms with Crippen molar-refractivity contribution < 1.29 is 23.9 Å². The summed E-state index contributed by atoms with van der Waals surface area (Å²) in [6.07, 6.45) is 0. The van der Waals surface area contributed by atoms with Crippen molar-refractivity contribution in [3.63, 3.8) is 0 Å². The van der Waals surface area contributed by atoms with Crippen LogP contribution >= 0.6 is 0 Å². The van der Waals surface area contributed by atoms with Gasteiger partial charge in [-0.1, -0.05) is 19.7 Å². The number of amides is 1. The van der Waals surface area contributed by atoms with E-state index in [0.29, 0.717) is 5.57 Å². The third kappa shape index (κ3) is 8.04. The first kappa shape index (κ1) is 19.6. The number of ether oxygens (including phenoxy) is 2. The summed E-state index contributed by atoms with van der Waals surface area (Å²) in [5.74, 6) is -1.78. The lowest BCUT2D eigenvalue weighted by molar-refractivity contribution is -0.144. The molecule has 22 heavy (non-hydrogen) atoms. The van der Waals surface area contributed by atoms with Gasteiger partial charge in [0.2, 0.25) is 5.91 Å². The smallest absolute Gasteiger partial charge is 0.333 e. The fourth-order valence-electron chi connectivity index (χ4n) is 1.19. The highest BCUT2D eigenvalue weighted by Crippen LogP contribution is 2.04. The van der Waals surface area contributed by atoms with Crippen molar-refractivity contribution in [2.45, 2.75) is 20.8 Å². The van der Waals surface area contributed by atoms with E-state index >= 15 is 0 Å². The van der Waals surface area contributed by atoms with E-state index in [1.807, 2.05) is 0 Å². The molecule has 0 aliphatic heterocycles. The molecule has 0 rings (SSSR count). The van der Waals surface area contributed by atoms with Crippen LogP contribution in [0.4, 0.5) is 0 Å². The SMILES string of the molecule is C=C(C)C(=O)NCC(COC(=O)C(=C)C)COC(=O)C(=C)C. The van der Waals surface area contributed by atoms with E-state index in [4.69, 9.17) is 9.47 Å². The minimum absolute atomic E-state index is 0.00830. The second-order valence-electron chi connectivity index (χ2n) is 5.11. The zero-order valence-corrected chi connectivity index (χ0v) is 13.4. The molecule has 0 aromatic heterocycles. The van der Waals surface area contributed by atoms with Crippen molar-refractivity contribution in [1.29, 1.82) is 0 Å². The van der Waals surface area contributed by atoms with E-state index in [0.717, 1.165) is 0 Å². The molecule has 0 saturated carbocycles. The van der Waals surface area contributed by atoms with Crippen LogP contribution < -0.4 is 5.32 Å². The molecule has 0 bridgehead atoms. The molecule has 0 atom stereocenters. The third-order valence-electron chi connectivity index (χ3n) is 2.54. The van der Waals surface area contributed by atoms with Gasteiger partial charge in [0.25, 0.3) is 0 Å². The maximum Gasteiger partial charge on any atom is 0.333 e. The van der Waals surface area contributed by atoms with E-state index in [1.54, 1.807) is 6.92 Å². The van der Waals surface area contributed by atoms with Crippen LogP contribution in [0.5, 0.6) is 0 Å².